The third kappa shape index (κ3) is 6.02. The lowest BCUT2D eigenvalue weighted by atomic mass is 10.3. The molecule has 0 aliphatic rings. The van der Waals surface area contributed by atoms with Gasteiger partial charge in [-0.1, -0.05) is 13.3 Å². The van der Waals surface area contributed by atoms with Gasteiger partial charge in [-0.3, -0.25) is 4.79 Å². The molecule has 0 bridgehead atoms. The van der Waals surface area contributed by atoms with Gasteiger partial charge < -0.3 is 0 Å². The van der Waals surface area contributed by atoms with Gasteiger partial charge in [0.15, 0.2) is 5.12 Å². The normalized spacial score (nSPS) is 8.86. The van der Waals surface area contributed by atoms with Crippen LogP contribution >= 0.6 is 12.6 Å². The zero-order chi connectivity index (χ0) is 5.70. The van der Waals surface area contributed by atoms with Gasteiger partial charge in [-0.15, -0.1) is 12.6 Å². The molecule has 0 saturated heterocycles. The minimum Gasteiger partial charge on any atom is -0.287 e. The maximum Gasteiger partial charge on any atom is 0.186 e. The van der Waals surface area contributed by atoms with Gasteiger partial charge in [-0.05, 0) is 6.42 Å². The predicted octanol–water partition coefficient (Wildman–Crippen LogP) is 1.45. The van der Waals surface area contributed by atoms with Gasteiger partial charge in [0.2, 0.25) is 0 Å². The molecular formula is C5H9OS. The highest BCUT2D eigenvalue weighted by Gasteiger charge is 1.89. The average Bonchev–Trinajstić information content (AvgIpc) is 1.61. The van der Waals surface area contributed by atoms with E-state index < -0.39 is 0 Å². The largest absolute Gasteiger partial charge is 0.287 e. The van der Waals surface area contributed by atoms with Crippen LogP contribution in [0, 0.1) is 6.42 Å². The number of hydrogen-bond donors (Lipinski definition) is 1. The zero-order valence-electron chi connectivity index (χ0n) is 4.35. The molecule has 0 heterocycles. The summed E-state index contributed by atoms with van der Waals surface area (Å²) in [5.41, 5.74) is 0. The second-order valence-corrected chi connectivity index (χ2v) is 1.79. The summed E-state index contributed by atoms with van der Waals surface area (Å²) in [7, 11) is 0. The molecular weight excluding hydrogens is 108 g/mol. The van der Waals surface area contributed by atoms with Crippen molar-refractivity contribution in [3.8, 4) is 0 Å². The summed E-state index contributed by atoms with van der Waals surface area (Å²) in [6, 6.07) is 0. The van der Waals surface area contributed by atoms with E-state index in [2.05, 4.69) is 12.6 Å². The molecule has 0 aliphatic heterocycles. The van der Waals surface area contributed by atoms with Crippen LogP contribution in [-0.2, 0) is 4.79 Å². The average molecular weight is 117 g/mol. The van der Waals surface area contributed by atoms with Crippen molar-refractivity contribution >= 4 is 17.7 Å². The second-order valence-electron chi connectivity index (χ2n) is 1.29. The molecule has 0 N–H and O–H groups in total. The first-order valence-corrected chi connectivity index (χ1v) is 2.75. The zero-order valence-corrected chi connectivity index (χ0v) is 5.24. The van der Waals surface area contributed by atoms with E-state index in [-0.39, 0.29) is 5.12 Å². The van der Waals surface area contributed by atoms with Gasteiger partial charge in [-0.25, -0.2) is 0 Å². The number of rotatable bonds is 3. The van der Waals surface area contributed by atoms with Gasteiger partial charge in [0.25, 0.3) is 0 Å². The van der Waals surface area contributed by atoms with Crippen molar-refractivity contribution in [1.29, 1.82) is 0 Å². The molecule has 0 saturated carbocycles. The van der Waals surface area contributed by atoms with E-state index in [1.165, 1.54) is 0 Å². The van der Waals surface area contributed by atoms with Crippen LogP contribution in [0.25, 0.3) is 0 Å². The SMILES string of the molecule is CC[CH]CC(=O)S. The van der Waals surface area contributed by atoms with Crippen molar-refractivity contribution in [3.63, 3.8) is 0 Å². The molecule has 0 unspecified atom stereocenters. The molecule has 0 aromatic carbocycles. The lowest BCUT2D eigenvalue weighted by Crippen LogP contribution is -1.83. The monoisotopic (exact) mass is 117 g/mol. The molecule has 0 rings (SSSR count). The number of unbranched alkanes of at least 4 members (excludes halogenated alkanes) is 1. The summed E-state index contributed by atoms with van der Waals surface area (Å²) in [4.78, 5) is 10.0. The summed E-state index contributed by atoms with van der Waals surface area (Å²) in [6.45, 7) is 2.00. The fourth-order valence-electron chi connectivity index (χ4n) is 0.268. The van der Waals surface area contributed by atoms with E-state index in [1.54, 1.807) is 0 Å². The molecule has 0 aliphatic carbocycles. The van der Waals surface area contributed by atoms with Gasteiger partial charge in [-0.2, -0.15) is 0 Å². The molecule has 7 heavy (non-hydrogen) atoms. The summed E-state index contributed by atoms with van der Waals surface area (Å²) in [5, 5.41) is -0.0538. The van der Waals surface area contributed by atoms with E-state index in [4.69, 9.17) is 0 Å². The molecule has 0 aromatic heterocycles. The maximum atomic E-state index is 10.0. The third-order valence-corrected chi connectivity index (χ3v) is 0.790. The predicted molar refractivity (Wildman–Crippen MR) is 33.2 cm³/mol. The Morgan fingerprint density at radius 3 is 2.57 bits per heavy atom. The van der Waals surface area contributed by atoms with Gasteiger partial charge in [0, 0.05) is 6.42 Å². The Morgan fingerprint density at radius 1 is 1.86 bits per heavy atom. The lowest BCUT2D eigenvalue weighted by molar-refractivity contribution is -0.110. The Morgan fingerprint density at radius 2 is 2.43 bits per heavy atom. The summed E-state index contributed by atoms with van der Waals surface area (Å²) in [5.74, 6) is 0. The van der Waals surface area contributed by atoms with Crippen LogP contribution in [0.3, 0.4) is 0 Å². The Kier molecular flexibility index (Phi) is 4.20. The maximum absolute atomic E-state index is 10.0. The molecule has 0 atom stereocenters. The van der Waals surface area contributed by atoms with Crippen molar-refractivity contribution in [3.05, 3.63) is 6.42 Å². The molecule has 1 radical (unpaired) electrons. The van der Waals surface area contributed by atoms with Gasteiger partial charge in [0.1, 0.15) is 0 Å². The van der Waals surface area contributed by atoms with E-state index in [0.29, 0.717) is 6.42 Å². The summed E-state index contributed by atoms with van der Waals surface area (Å²) in [6.07, 6.45) is 3.35. The standard InChI is InChI=1S/C5H9OS/c1-2-3-4-5(6)7/h3H,2,4H2,1H3,(H,6,7). The Labute approximate surface area is 49.5 Å². The summed E-state index contributed by atoms with van der Waals surface area (Å²) >= 11 is 3.56. The molecule has 2 heteroatoms. The van der Waals surface area contributed by atoms with E-state index in [9.17, 15) is 4.79 Å². The minimum absolute atomic E-state index is 0.0538. The van der Waals surface area contributed by atoms with Crippen molar-refractivity contribution < 1.29 is 4.79 Å². The van der Waals surface area contributed by atoms with Crippen LogP contribution in [0.2, 0.25) is 0 Å². The molecule has 0 spiro atoms. The van der Waals surface area contributed by atoms with Crippen LogP contribution in [0.15, 0.2) is 0 Å². The summed E-state index contributed by atoms with van der Waals surface area (Å²) < 4.78 is 0. The first-order valence-electron chi connectivity index (χ1n) is 2.30. The van der Waals surface area contributed by atoms with Crippen molar-refractivity contribution in [2.75, 3.05) is 0 Å². The van der Waals surface area contributed by atoms with E-state index in [1.807, 2.05) is 13.3 Å². The van der Waals surface area contributed by atoms with Crippen molar-refractivity contribution in [1.82, 2.24) is 0 Å². The first kappa shape index (κ1) is 7.02. The highest BCUT2D eigenvalue weighted by atomic mass is 32.1. The van der Waals surface area contributed by atoms with E-state index in [0.717, 1.165) is 6.42 Å². The molecule has 1 nitrogen and oxygen atoms in total. The third-order valence-electron chi connectivity index (χ3n) is 0.608. The van der Waals surface area contributed by atoms with Crippen LogP contribution < -0.4 is 0 Å². The number of carbonyl (C=O) groups is 1. The second kappa shape index (κ2) is 4.19. The molecule has 41 valence electrons. The molecule has 0 amide bonds. The minimum atomic E-state index is -0.0538. The quantitative estimate of drug-likeness (QED) is 0.553. The van der Waals surface area contributed by atoms with Crippen LogP contribution in [0.4, 0.5) is 0 Å². The Hall–Kier alpha value is 0.0200. The topological polar surface area (TPSA) is 17.1 Å². The van der Waals surface area contributed by atoms with E-state index >= 15 is 0 Å². The lowest BCUT2D eigenvalue weighted by Gasteiger charge is -1.85. The van der Waals surface area contributed by atoms with Crippen molar-refractivity contribution in [2.45, 2.75) is 19.8 Å². The van der Waals surface area contributed by atoms with Crippen LogP contribution in [-0.4, -0.2) is 5.12 Å². The number of hydrogen-bond acceptors (Lipinski definition) is 1. The van der Waals surface area contributed by atoms with Crippen LogP contribution in [0.5, 0.6) is 0 Å². The smallest absolute Gasteiger partial charge is 0.186 e. The Balaban J connectivity index is 2.82. The van der Waals surface area contributed by atoms with Gasteiger partial charge >= 0.3 is 0 Å². The highest BCUT2D eigenvalue weighted by Crippen LogP contribution is 1.94. The molecule has 0 fully saturated rings. The van der Waals surface area contributed by atoms with Gasteiger partial charge in [0.05, 0.1) is 0 Å². The fraction of sp³-hybridized carbons (Fsp3) is 0.600. The number of carbonyl (C=O) groups excluding carboxylic acids is 1. The Bertz CT molecular complexity index is 61.1. The molecule has 0 aromatic rings. The highest BCUT2D eigenvalue weighted by molar-refractivity contribution is 7.96. The fourth-order valence-corrected chi connectivity index (χ4v) is 0.397. The van der Waals surface area contributed by atoms with Crippen molar-refractivity contribution in [2.24, 2.45) is 0 Å². The van der Waals surface area contributed by atoms with Crippen LogP contribution in [0.1, 0.15) is 19.8 Å². The number of thiol groups is 1. The first-order chi connectivity index (χ1) is 3.27.